The van der Waals surface area contributed by atoms with Gasteiger partial charge in [0.2, 0.25) is 0 Å². The summed E-state index contributed by atoms with van der Waals surface area (Å²) < 4.78 is 7.97. The Kier molecular flexibility index (Phi) is 4.88. The molecule has 0 bridgehead atoms. The number of hydrogen-bond donors (Lipinski definition) is 1. The van der Waals surface area contributed by atoms with Gasteiger partial charge in [-0.25, -0.2) is 9.19 Å². The molecule has 4 aromatic heterocycles. The van der Waals surface area contributed by atoms with Crippen molar-refractivity contribution in [2.75, 3.05) is 12.5 Å². The summed E-state index contributed by atoms with van der Waals surface area (Å²) in [6, 6.07) is 14.4. The van der Waals surface area contributed by atoms with Gasteiger partial charge in [-0.3, -0.25) is 20.0 Å². The van der Waals surface area contributed by atoms with Gasteiger partial charge in [0, 0.05) is 31.3 Å². The zero-order valence-corrected chi connectivity index (χ0v) is 17.0. The van der Waals surface area contributed by atoms with E-state index in [-0.39, 0.29) is 12.1 Å². The third-order valence-corrected chi connectivity index (χ3v) is 4.96. The van der Waals surface area contributed by atoms with E-state index in [0.29, 0.717) is 22.4 Å². The number of benzene rings is 1. The number of fused-ring (bicyclic) bond motifs is 3. The largest absolute Gasteiger partial charge is 0.378 e. The molecular weight excluding hydrogens is 410 g/mol. The van der Waals surface area contributed by atoms with Gasteiger partial charge in [0.1, 0.15) is 5.52 Å². The van der Waals surface area contributed by atoms with Crippen molar-refractivity contribution >= 4 is 22.6 Å². The molecule has 0 spiro atoms. The Morgan fingerprint density at radius 2 is 1.84 bits per heavy atom. The van der Waals surface area contributed by atoms with Crippen molar-refractivity contribution < 1.29 is 9.53 Å². The summed E-state index contributed by atoms with van der Waals surface area (Å²) in [4.78, 5) is 29.3. The topological polar surface area (TPSA) is 116 Å². The Balaban J connectivity index is 1.64. The van der Waals surface area contributed by atoms with Crippen molar-refractivity contribution in [2.24, 2.45) is 0 Å². The maximum absolute atomic E-state index is 13.0. The predicted octanol–water partition coefficient (Wildman–Crippen LogP) is 2.03. The lowest BCUT2D eigenvalue weighted by molar-refractivity contribution is 0.101. The van der Waals surface area contributed by atoms with Crippen LogP contribution in [0.1, 0.15) is 16.1 Å². The number of ether oxygens (including phenoxy) is 1. The average Bonchev–Trinajstić information content (AvgIpc) is 3.20. The maximum Gasteiger partial charge on any atom is 0.299 e. The maximum atomic E-state index is 13.0. The molecule has 4 heterocycles. The molecule has 0 fully saturated rings. The summed E-state index contributed by atoms with van der Waals surface area (Å²) in [7, 11) is 1.59. The fourth-order valence-electron chi connectivity index (χ4n) is 3.49. The molecule has 1 aromatic carbocycles. The summed E-state index contributed by atoms with van der Waals surface area (Å²) in [6.45, 7) is 0.272. The Morgan fingerprint density at radius 1 is 1.06 bits per heavy atom. The van der Waals surface area contributed by atoms with Crippen LogP contribution >= 0.6 is 0 Å². The van der Waals surface area contributed by atoms with Crippen molar-refractivity contribution in [3.05, 3.63) is 88.7 Å². The highest BCUT2D eigenvalue weighted by atomic mass is 16.5. The van der Waals surface area contributed by atoms with Crippen molar-refractivity contribution in [3.8, 4) is 11.1 Å². The molecule has 10 heteroatoms. The first-order valence-electron chi connectivity index (χ1n) is 9.73. The van der Waals surface area contributed by atoms with Gasteiger partial charge in [-0.1, -0.05) is 30.3 Å². The molecule has 0 unspecified atom stereocenters. The number of pyridine rings is 2. The second-order valence-electron chi connectivity index (χ2n) is 6.96. The minimum Gasteiger partial charge on any atom is -0.378 e. The molecule has 1 N–H and O–H groups in total. The van der Waals surface area contributed by atoms with Crippen LogP contribution < -0.4 is 11.0 Å². The zero-order valence-electron chi connectivity index (χ0n) is 17.0. The number of carbonyl (C=O) groups is 1. The highest BCUT2D eigenvalue weighted by Gasteiger charge is 2.19. The molecule has 0 saturated heterocycles. The highest BCUT2D eigenvalue weighted by Crippen LogP contribution is 2.28. The average molecular weight is 427 g/mol. The molecule has 0 atom stereocenters. The van der Waals surface area contributed by atoms with E-state index >= 15 is 0 Å². The minimum atomic E-state index is -0.524. The van der Waals surface area contributed by atoms with Gasteiger partial charge >= 0.3 is 0 Å². The molecule has 158 valence electrons. The number of carbonyl (C=O) groups excluding carboxylic acids is 1. The van der Waals surface area contributed by atoms with Gasteiger partial charge in [0.05, 0.1) is 17.9 Å². The second-order valence-corrected chi connectivity index (χ2v) is 6.96. The van der Waals surface area contributed by atoms with E-state index in [2.05, 4.69) is 25.7 Å². The first-order valence-corrected chi connectivity index (χ1v) is 9.73. The Morgan fingerprint density at radius 3 is 2.59 bits per heavy atom. The van der Waals surface area contributed by atoms with Crippen LogP contribution in [0.5, 0.6) is 0 Å². The fourth-order valence-corrected chi connectivity index (χ4v) is 3.49. The molecule has 5 aromatic rings. The standard InChI is InChI=1S/C22H17N7O3/c1-32-13-16-18(14-5-3-2-4-6-14)20-25-24-19-17(29(20)26-16)9-12-28(22(19)31)27-21(30)15-7-10-23-11-8-15/h2-12H,13H2,1H3,(H,27,30). The summed E-state index contributed by atoms with van der Waals surface area (Å²) >= 11 is 0. The van der Waals surface area contributed by atoms with Crippen LogP contribution in [-0.2, 0) is 11.3 Å². The quantitative estimate of drug-likeness (QED) is 0.456. The smallest absolute Gasteiger partial charge is 0.299 e. The van der Waals surface area contributed by atoms with Crippen LogP contribution in [-0.4, -0.2) is 42.5 Å². The highest BCUT2D eigenvalue weighted by molar-refractivity contribution is 5.99. The van der Waals surface area contributed by atoms with E-state index in [9.17, 15) is 9.59 Å². The van der Waals surface area contributed by atoms with Crippen LogP contribution in [0.3, 0.4) is 0 Å². The van der Waals surface area contributed by atoms with Gasteiger partial charge in [-0.15, -0.1) is 10.2 Å². The second kappa shape index (κ2) is 8.00. The molecule has 0 saturated carbocycles. The van der Waals surface area contributed by atoms with Crippen molar-refractivity contribution in [1.29, 1.82) is 0 Å². The number of nitrogens with one attached hydrogen (secondary N) is 1. The summed E-state index contributed by atoms with van der Waals surface area (Å²) in [6.07, 6.45) is 4.46. The summed E-state index contributed by atoms with van der Waals surface area (Å²) in [5, 5.41) is 13.1. The Labute approximate surface area is 181 Å². The monoisotopic (exact) mass is 427 g/mol. The molecule has 0 aliphatic carbocycles. The minimum absolute atomic E-state index is 0.0705. The summed E-state index contributed by atoms with van der Waals surface area (Å²) in [5.41, 5.74) is 5.83. The first-order chi connectivity index (χ1) is 15.7. The SMILES string of the molecule is COCc1nn2c(nnc3c(=O)n(NC(=O)c4ccncc4)ccc32)c1-c1ccccc1. The fraction of sp³-hybridized carbons (Fsp3) is 0.0909. The number of methoxy groups -OCH3 is 1. The number of amides is 1. The van der Waals surface area contributed by atoms with E-state index in [0.717, 1.165) is 15.8 Å². The van der Waals surface area contributed by atoms with Crippen molar-refractivity contribution in [2.45, 2.75) is 6.61 Å². The molecule has 0 radical (unpaired) electrons. The number of aromatic nitrogens is 6. The van der Waals surface area contributed by atoms with Gasteiger partial charge in [0.25, 0.3) is 11.5 Å². The van der Waals surface area contributed by atoms with Crippen LogP contribution in [0.4, 0.5) is 0 Å². The lowest BCUT2D eigenvalue weighted by atomic mass is 10.1. The number of hydrogen-bond acceptors (Lipinski definition) is 7. The lowest BCUT2D eigenvalue weighted by Gasteiger charge is -2.09. The molecule has 1 amide bonds. The normalized spacial score (nSPS) is 11.2. The van der Waals surface area contributed by atoms with Crippen LogP contribution in [0, 0.1) is 0 Å². The molecule has 5 rings (SSSR count). The Bertz CT molecular complexity index is 1490. The lowest BCUT2D eigenvalue weighted by Crippen LogP contribution is -2.33. The molecule has 10 nitrogen and oxygen atoms in total. The van der Waals surface area contributed by atoms with Crippen LogP contribution in [0.2, 0.25) is 0 Å². The van der Waals surface area contributed by atoms with E-state index in [4.69, 9.17) is 4.74 Å². The van der Waals surface area contributed by atoms with E-state index in [1.807, 2.05) is 30.3 Å². The predicted molar refractivity (Wildman–Crippen MR) is 117 cm³/mol. The number of rotatable bonds is 5. The van der Waals surface area contributed by atoms with Crippen LogP contribution in [0.15, 0.2) is 71.9 Å². The third kappa shape index (κ3) is 3.28. The van der Waals surface area contributed by atoms with Crippen molar-refractivity contribution in [3.63, 3.8) is 0 Å². The van der Waals surface area contributed by atoms with Gasteiger partial charge in [-0.05, 0) is 23.8 Å². The van der Waals surface area contributed by atoms with Gasteiger partial charge in [-0.2, -0.15) is 5.10 Å². The first kappa shape index (κ1) is 19.5. The molecule has 0 aliphatic rings. The summed E-state index contributed by atoms with van der Waals surface area (Å²) in [5.74, 6) is -0.448. The third-order valence-electron chi connectivity index (χ3n) is 4.96. The van der Waals surface area contributed by atoms with E-state index in [1.54, 1.807) is 29.8 Å². The van der Waals surface area contributed by atoms with Crippen molar-refractivity contribution in [1.82, 2.24) is 29.5 Å². The molecule has 0 aliphatic heterocycles. The van der Waals surface area contributed by atoms with Gasteiger partial charge in [0.15, 0.2) is 11.2 Å². The van der Waals surface area contributed by atoms with E-state index in [1.165, 1.54) is 18.6 Å². The molecule has 32 heavy (non-hydrogen) atoms. The number of nitrogens with zero attached hydrogens (tertiary/aromatic N) is 6. The molecular formula is C22H17N7O3. The van der Waals surface area contributed by atoms with Crippen LogP contribution in [0.25, 0.3) is 27.8 Å². The Hall–Kier alpha value is -4.44. The zero-order chi connectivity index (χ0) is 22.1. The van der Waals surface area contributed by atoms with Gasteiger partial charge < -0.3 is 4.74 Å². The van der Waals surface area contributed by atoms with E-state index < -0.39 is 11.5 Å².